The molecule has 18 heavy (non-hydrogen) atoms. The zero-order valence-electron chi connectivity index (χ0n) is 9.70. The van der Waals surface area contributed by atoms with Gasteiger partial charge in [0, 0.05) is 16.7 Å². The number of carbonyl (C=O) groups excluding carboxylic acids is 2. The van der Waals surface area contributed by atoms with E-state index in [-0.39, 0.29) is 11.8 Å². The van der Waals surface area contributed by atoms with Gasteiger partial charge < -0.3 is 16.4 Å². The van der Waals surface area contributed by atoms with Gasteiger partial charge in [0.05, 0.1) is 5.56 Å². The fraction of sp³-hybridized carbons (Fsp3) is 0.333. The molecule has 1 aliphatic heterocycles. The molecule has 1 aliphatic rings. The summed E-state index contributed by atoms with van der Waals surface area (Å²) < 4.78 is 0.773. The summed E-state index contributed by atoms with van der Waals surface area (Å²) in [5.41, 5.74) is 6.52. The summed E-state index contributed by atoms with van der Waals surface area (Å²) in [7, 11) is 0. The molecule has 1 aromatic carbocycles. The molecule has 1 saturated heterocycles. The lowest BCUT2D eigenvalue weighted by atomic mass is 10.1. The molecule has 0 saturated carbocycles. The second kappa shape index (κ2) is 5.39. The Morgan fingerprint density at radius 2 is 2.28 bits per heavy atom. The van der Waals surface area contributed by atoms with Crippen LogP contribution in [0.5, 0.6) is 0 Å². The Morgan fingerprint density at radius 1 is 1.50 bits per heavy atom. The fourth-order valence-corrected chi connectivity index (χ4v) is 2.23. The number of piperidine rings is 1. The molecule has 1 fully saturated rings. The number of nitrogens with two attached hydrogens (primary N) is 1. The van der Waals surface area contributed by atoms with Crippen LogP contribution in [0.15, 0.2) is 22.7 Å². The van der Waals surface area contributed by atoms with Gasteiger partial charge in [-0.3, -0.25) is 9.59 Å². The SMILES string of the molecule is Nc1ccc(Br)cc1C(=O)NC1CCCNC1=O. The third-order valence-electron chi connectivity index (χ3n) is 2.85. The molecule has 1 unspecified atom stereocenters. The summed E-state index contributed by atoms with van der Waals surface area (Å²) in [6.45, 7) is 0.671. The molecule has 96 valence electrons. The number of nitrogens with one attached hydrogen (secondary N) is 2. The van der Waals surface area contributed by atoms with Crippen LogP contribution in [0.25, 0.3) is 0 Å². The van der Waals surface area contributed by atoms with Crippen LogP contribution in [0.1, 0.15) is 23.2 Å². The molecule has 2 rings (SSSR count). The van der Waals surface area contributed by atoms with Gasteiger partial charge >= 0.3 is 0 Å². The Balaban J connectivity index is 2.11. The number of halogens is 1. The van der Waals surface area contributed by atoms with Crippen molar-refractivity contribution < 1.29 is 9.59 Å². The molecule has 0 bridgehead atoms. The van der Waals surface area contributed by atoms with E-state index in [0.717, 1.165) is 10.9 Å². The van der Waals surface area contributed by atoms with E-state index in [4.69, 9.17) is 5.73 Å². The number of hydrogen-bond acceptors (Lipinski definition) is 3. The summed E-state index contributed by atoms with van der Waals surface area (Å²) in [6, 6.07) is 4.59. The maximum Gasteiger partial charge on any atom is 0.254 e. The first kappa shape index (κ1) is 12.9. The van der Waals surface area contributed by atoms with Gasteiger partial charge in [-0.25, -0.2) is 0 Å². The number of rotatable bonds is 2. The van der Waals surface area contributed by atoms with E-state index in [9.17, 15) is 9.59 Å². The van der Waals surface area contributed by atoms with Crippen LogP contribution in [-0.2, 0) is 4.79 Å². The molecule has 6 heteroatoms. The van der Waals surface area contributed by atoms with E-state index in [2.05, 4.69) is 26.6 Å². The van der Waals surface area contributed by atoms with Crippen molar-refractivity contribution in [1.29, 1.82) is 0 Å². The minimum Gasteiger partial charge on any atom is -0.398 e. The molecular formula is C12H14BrN3O2. The van der Waals surface area contributed by atoms with Crippen molar-refractivity contribution in [2.75, 3.05) is 12.3 Å². The summed E-state index contributed by atoms with van der Waals surface area (Å²) >= 11 is 3.29. The number of anilines is 1. The largest absolute Gasteiger partial charge is 0.398 e. The Hall–Kier alpha value is -1.56. The van der Waals surface area contributed by atoms with Crippen molar-refractivity contribution in [3.05, 3.63) is 28.2 Å². The average Bonchev–Trinajstić information content (AvgIpc) is 2.35. The van der Waals surface area contributed by atoms with Gasteiger partial charge in [-0.2, -0.15) is 0 Å². The van der Waals surface area contributed by atoms with Crippen LogP contribution in [0.2, 0.25) is 0 Å². The first-order valence-electron chi connectivity index (χ1n) is 5.71. The van der Waals surface area contributed by atoms with Crippen LogP contribution < -0.4 is 16.4 Å². The molecule has 0 spiro atoms. The smallest absolute Gasteiger partial charge is 0.254 e. The van der Waals surface area contributed by atoms with Gasteiger partial charge in [-0.1, -0.05) is 15.9 Å². The molecule has 0 aromatic heterocycles. The molecule has 4 N–H and O–H groups in total. The summed E-state index contributed by atoms with van der Waals surface area (Å²) in [5.74, 6) is -0.459. The topological polar surface area (TPSA) is 84.2 Å². The predicted molar refractivity (Wildman–Crippen MR) is 72.1 cm³/mol. The van der Waals surface area contributed by atoms with Crippen molar-refractivity contribution in [1.82, 2.24) is 10.6 Å². The predicted octanol–water partition coefficient (Wildman–Crippen LogP) is 1.04. The molecular weight excluding hydrogens is 298 g/mol. The van der Waals surface area contributed by atoms with Gasteiger partial charge in [-0.15, -0.1) is 0 Å². The lowest BCUT2D eigenvalue weighted by Crippen LogP contribution is -2.50. The normalized spacial score (nSPS) is 19.2. The zero-order chi connectivity index (χ0) is 13.1. The minimum atomic E-state index is -0.468. The number of carbonyl (C=O) groups is 2. The zero-order valence-corrected chi connectivity index (χ0v) is 11.3. The van der Waals surface area contributed by atoms with Crippen molar-refractivity contribution in [2.24, 2.45) is 0 Å². The lowest BCUT2D eigenvalue weighted by molar-refractivity contribution is -0.124. The fourth-order valence-electron chi connectivity index (χ4n) is 1.87. The van der Waals surface area contributed by atoms with Crippen molar-refractivity contribution in [3.8, 4) is 0 Å². The van der Waals surface area contributed by atoms with Gasteiger partial charge in [0.15, 0.2) is 0 Å². The van der Waals surface area contributed by atoms with Gasteiger partial charge in [-0.05, 0) is 31.0 Å². The number of benzene rings is 1. The van der Waals surface area contributed by atoms with Crippen molar-refractivity contribution in [2.45, 2.75) is 18.9 Å². The third-order valence-corrected chi connectivity index (χ3v) is 3.34. The number of hydrogen-bond donors (Lipinski definition) is 3. The Morgan fingerprint density at radius 3 is 3.00 bits per heavy atom. The highest BCUT2D eigenvalue weighted by atomic mass is 79.9. The Kier molecular flexibility index (Phi) is 3.86. The third kappa shape index (κ3) is 2.81. The van der Waals surface area contributed by atoms with E-state index < -0.39 is 6.04 Å². The van der Waals surface area contributed by atoms with Crippen LogP contribution in [-0.4, -0.2) is 24.4 Å². The second-order valence-electron chi connectivity index (χ2n) is 4.19. The maximum absolute atomic E-state index is 12.0. The molecule has 5 nitrogen and oxygen atoms in total. The quantitative estimate of drug-likeness (QED) is 0.714. The van der Waals surface area contributed by atoms with Crippen LogP contribution in [0.3, 0.4) is 0 Å². The molecule has 1 heterocycles. The standard InChI is InChI=1S/C12H14BrN3O2/c13-7-3-4-9(14)8(6-7)11(17)16-10-2-1-5-15-12(10)18/h3-4,6,10H,1-2,5,14H2,(H,15,18)(H,16,17). The lowest BCUT2D eigenvalue weighted by Gasteiger charge is -2.23. The van der Waals surface area contributed by atoms with E-state index in [1.54, 1.807) is 18.2 Å². The van der Waals surface area contributed by atoms with E-state index in [0.29, 0.717) is 24.2 Å². The first-order chi connectivity index (χ1) is 8.58. The van der Waals surface area contributed by atoms with Crippen molar-refractivity contribution in [3.63, 3.8) is 0 Å². The summed E-state index contributed by atoms with van der Waals surface area (Å²) in [6.07, 6.45) is 1.52. The second-order valence-corrected chi connectivity index (χ2v) is 5.11. The summed E-state index contributed by atoms with van der Waals surface area (Å²) in [4.78, 5) is 23.6. The van der Waals surface area contributed by atoms with Crippen LogP contribution in [0, 0.1) is 0 Å². The highest BCUT2D eigenvalue weighted by Gasteiger charge is 2.24. The van der Waals surface area contributed by atoms with Gasteiger partial charge in [0.25, 0.3) is 5.91 Å². The highest BCUT2D eigenvalue weighted by Crippen LogP contribution is 2.18. The number of nitrogen functional groups attached to an aromatic ring is 1. The maximum atomic E-state index is 12.0. The molecule has 2 amide bonds. The van der Waals surface area contributed by atoms with Crippen LogP contribution >= 0.6 is 15.9 Å². The molecule has 1 aromatic rings. The highest BCUT2D eigenvalue weighted by molar-refractivity contribution is 9.10. The molecule has 0 aliphatic carbocycles. The van der Waals surface area contributed by atoms with Gasteiger partial charge in [0.2, 0.25) is 5.91 Å². The minimum absolute atomic E-state index is 0.136. The number of amides is 2. The Labute approximate surface area is 113 Å². The first-order valence-corrected chi connectivity index (χ1v) is 6.51. The van der Waals surface area contributed by atoms with E-state index >= 15 is 0 Å². The van der Waals surface area contributed by atoms with E-state index in [1.165, 1.54) is 0 Å². The Bertz CT molecular complexity index is 490. The van der Waals surface area contributed by atoms with Gasteiger partial charge in [0.1, 0.15) is 6.04 Å². The average molecular weight is 312 g/mol. The van der Waals surface area contributed by atoms with Crippen molar-refractivity contribution >= 4 is 33.4 Å². The monoisotopic (exact) mass is 311 g/mol. The molecule has 1 atom stereocenters. The summed E-state index contributed by atoms with van der Waals surface area (Å²) in [5, 5.41) is 5.42. The van der Waals surface area contributed by atoms with Crippen LogP contribution in [0.4, 0.5) is 5.69 Å². The molecule has 0 radical (unpaired) electrons. The van der Waals surface area contributed by atoms with E-state index in [1.807, 2.05) is 0 Å².